The van der Waals surface area contributed by atoms with E-state index in [0.29, 0.717) is 6.42 Å². The number of hydrogen-bond donors (Lipinski definition) is 1. The molecule has 1 atom stereocenters. The van der Waals surface area contributed by atoms with Gasteiger partial charge < -0.3 is 5.32 Å². The molecule has 4 heteroatoms. The van der Waals surface area contributed by atoms with Crippen molar-refractivity contribution in [3.05, 3.63) is 48.0 Å². The van der Waals surface area contributed by atoms with Crippen LogP contribution in [-0.4, -0.2) is 33.5 Å². The van der Waals surface area contributed by atoms with Gasteiger partial charge in [0.15, 0.2) is 0 Å². The van der Waals surface area contributed by atoms with Gasteiger partial charge in [-0.3, -0.25) is 0 Å². The highest BCUT2D eigenvalue weighted by atomic mass is 32.2. The second kappa shape index (κ2) is 6.37. The highest BCUT2D eigenvalue weighted by Crippen LogP contribution is 2.17. The van der Waals surface area contributed by atoms with E-state index in [0.717, 1.165) is 6.42 Å². The van der Waals surface area contributed by atoms with E-state index in [1.165, 1.54) is 22.6 Å². The third kappa shape index (κ3) is 4.32. The molecule has 0 aliphatic heterocycles. The minimum Gasteiger partial charge on any atom is -0.317 e. The maximum Gasteiger partial charge on any atom is 0.147 e. The largest absolute Gasteiger partial charge is 0.317 e. The summed E-state index contributed by atoms with van der Waals surface area (Å²) in [6.45, 7) is 0. The maximum atomic E-state index is 11.3. The molecule has 0 saturated carbocycles. The second-order valence-corrected chi connectivity index (χ2v) is 7.55. The van der Waals surface area contributed by atoms with E-state index in [4.69, 9.17) is 0 Å². The van der Waals surface area contributed by atoms with E-state index < -0.39 is 9.84 Å². The van der Waals surface area contributed by atoms with Crippen molar-refractivity contribution in [2.45, 2.75) is 18.9 Å². The van der Waals surface area contributed by atoms with Gasteiger partial charge in [0.2, 0.25) is 0 Å². The maximum absolute atomic E-state index is 11.3. The zero-order valence-corrected chi connectivity index (χ0v) is 12.8. The fourth-order valence-corrected chi connectivity index (χ4v) is 3.07. The summed E-state index contributed by atoms with van der Waals surface area (Å²) in [6.07, 6.45) is 2.77. The van der Waals surface area contributed by atoms with Crippen LogP contribution in [-0.2, 0) is 16.3 Å². The van der Waals surface area contributed by atoms with Crippen molar-refractivity contribution in [2.24, 2.45) is 0 Å². The molecule has 0 aliphatic rings. The summed E-state index contributed by atoms with van der Waals surface area (Å²) in [5, 5.41) is 5.66. The van der Waals surface area contributed by atoms with Gasteiger partial charge in [0.25, 0.3) is 0 Å². The Morgan fingerprint density at radius 2 is 1.80 bits per heavy atom. The molecule has 1 N–H and O–H groups in total. The van der Waals surface area contributed by atoms with Gasteiger partial charge in [-0.1, -0.05) is 42.5 Å². The van der Waals surface area contributed by atoms with Crippen LogP contribution in [0, 0.1) is 0 Å². The third-order valence-corrected chi connectivity index (χ3v) is 4.52. The molecule has 0 heterocycles. The van der Waals surface area contributed by atoms with Gasteiger partial charge in [0.1, 0.15) is 9.84 Å². The Hall–Kier alpha value is -1.39. The van der Waals surface area contributed by atoms with E-state index in [-0.39, 0.29) is 11.8 Å². The molecule has 3 nitrogen and oxygen atoms in total. The van der Waals surface area contributed by atoms with Gasteiger partial charge in [0, 0.05) is 12.3 Å². The molecular weight excluding hydrogens is 270 g/mol. The lowest BCUT2D eigenvalue weighted by Gasteiger charge is -2.16. The zero-order valence-electron chi connectivity index (χ0n) is 12.0. The first kappa shape index (κ1) is 15.0. The van der Waals surface area contributed by atoms with E-state index in [1.54, 1.807) is 0 Å². The molecule has 0 aromatic heterocycles. The predicted molar refractivity (Wildman–Crippen MR) is 84.8 cm³/mol. The normalized spacial score (nSPS) is 13.5. The van der Waals surface area contributed by atoms with Crippen LogP contribution in [0.15, 0.2) is 42.5 Å². The number of rotatable bonds is 6. The molecule has 20 heavy (non-hydrogen) atoms. The predicted octanol–water partition coefficient (Wildman–Crippen LogP) is 2.41. The molecule has 2 aromatic rings. The molecular formula is C16H21NO2S. The summed E-state index contributed by atoms with van der Waals surface area (Å²) in [4.78, 5) is 0. The SMILES string of the molecule is CNC(CCS(C)(=O)=O)Cc1ccc2ccccc2c1. The Bertz CT molecular complexity index is 680. The van der Waals surface area contributed by atoms with Crippen molar-refractivity contribution >= 4 is 20.6 Å². The summed E-state index contributed by atoms with van der Waals surface area (Å²) in [5.74, 6) is 0.228. The molecule has 0 saturated heterocycles. The Morgan fingerprint density at radius 1 is 1.10 bits per heavy atom. The van der Waals surface area contributed by atoms with Crippen molar-refractivity contribution < 1.29 is 8.42 Å². The lowest BCUT2D eigenvalue weighted by atomic mass is 10.0. The third-order valence-electron chi connectivity index (χ3n) is 3.54. The molecule has 0 fully saturated rings. The Morgan fingerprint density at radius 3 is 2.45 bits per heavy atom. The summed E-state index contributed by atoms with van der Waals surface area (Å²) < 4.78 is 22.5. The highest BCUT2D eigenvalue weighted by molar-refractivity contribution is 7.90. The minimum absolute atomic E-state index is 0.186. The molecule has 1 unspecified atom stereocenters. The van der Waals surface area contributed by atoms with Crippen LogP contribution in [0.25, 0.3) is 10.8 Å². The summed E-state index contributed by atoms with van der Waals surface area (Å²) in [5.41, 5.74) is 1.23. The first-order valence-corrected chi connectivity index (χ1v) is 8.86. The van der Waals surface area contributed by atoms with E-state index in [9.17, 15) is 8.42 Å². The van der Waals surface area contributed by atoms with Crippen molar-refractivity contribution in [3.8, 4) is 0 Å². The molecule has 108 valence electrons. The van der Waals surface area contributed by atoms with Crippen LogP contribution in [0.1, 0.15) is 12.0 Å². The summed E-state index contributed by atoms with van der Waals surface area (Å²) in [6, 6.07) is 14.9. The van der Waals surface area contributed by atoms with Gasteiger partial charge in [0.05, 0.1) is 5.75 Å². The average Bonchev–Trinajstić information content (AvgIpc) is 2.42. The van der Waals surface area contributed by atoms with E-state index >= 15 is 0 Å². The monoisotopic (exact) mass is 291 g/mol. The van der Waals surface area contributed by atoms with Crippen LogP contribution >= 0.6 is 0 Å². The van der Waals surface area contributed by atoms with Crippen molar-refractivity contribution in [3.63, 3.8) is 0 Å². The molecule has 0 bridgehead atoms. The van der Waals surface area contributed by atoms with Crippen LogP contribution in [0.2, 0.25) is 0 Å². The fourth-order valence-electron chi connectivity index (χ4n) is 2.36. The fraction of sp³-hybridized carbons (Fsp3) is 0.375. The Kier molecular flexibility index (Phi) is 4.78. The van der Waals surface area contributed by atoms with Gasteiger partial charge in [-0.25, -0.2) is 8.42 Å². The van der Waals surface area contributed by atoms with Gasteiger partial charge in [-0.15, -0.1) is 0 Å². The lowest BCUT2D eigenvalue weighted by molar-refractivity contribution is 0.534. The number of sulfone groups is 1. The topological polar surface area (TPSA) is 46.2 Å². The molecule has 0 radical (unpaired) electrons. The standard InChI is InChI=1S/C16H21NO2S/c1-17-16(9-10-20(2,18)19)12-13-7-8-14-5-3-4-6-15(14)11-13/h3-8,11,16-17H,9-10,12H2,1-2H3. The minimum atomic E-state index is -2.90. The zero-order chi connectivity index (χ0) is 14.6. The smallest absolute Gasteiger partial charge is 0.147 e. The molecule has 0 aliphatic carbocycles. The molecule has 2 rings (SSSR count). The Balaban J connectivity index is 2.09. The van der Waals surface area contributed by atoms with Crippen LogP contribution in [0.3, 0.4) is 0 Å². The van der Waals surface area contributed by atoms with E-state index in [1.807, 2.05) is 19.2 Å². The summed E-state index contributed by atoms with van der Waals surface area (Å²) in [7, 11) is -1.01. The van der Waals surface area contributed by atoms with Crippen molar-refractivity contribution in [1.82, 2.24) is 5.32 Å². The molecule has 2 aromatic carbocycles. The quantitative estimate of drug-likeness (QED) is 0.889. The lowest BCUT2D eigenvalue weighted by Crippen LogP contribution is -2.29. The van der Waals surface area contributed by atoms with Crippen LogP contribution in [0.5, 0.6) is 0 Å². The van der Waals surface area contributed by atoms with Crippen molar-refractivity contribution in [1.29, 1.82) is 0 Å². The number of nitrogens with one attached hydrogen (secondary N) is 1. The number of fused-ring (bicyclic) bond motifs is 1. The highest BCUT2D eigenvalue weighted by Gasteiger charge is 2.11. The van der Waals surface area contributed by atoms with E-state index in [2.05, 4.69) is 35.6 Å². The van der Waals surface area contributed by atoms with Crippen LogP contribution in [0.4, 0.5) is 0 Å². The summed E-state index contributed by atoms with van der Waals surface area (Å²) >= 11 is 0. The van der Waals surface area contributed by atoms with Gasteiger partial charge in [-0.05, 0) is 36.2 Å². The first-order chi connectivity index (χ1) is 9.48. The number of hydrogen-bond acceptors (Lipinski definition) is 3. The number of benzene rings is 2. The molecule has 0 amide bonds. The first-order valence-electron chi connectivity index (χ1n) is 6.80. The Labute approximate surface area is 120 Å². The average molecular weight is 291 g/mol. The van der Waals surface area contributed by atoms with Crippen LogP contribution < -0.4 is 5.32 Å². The molecule has 0 spiro atoms. The van der Waals surface area contributed by atoms with Gasteiger partial charge in [-0.2, -0.15) is 0 Å². The number of likely N-dealkylation sites (N-methyl/N-ethyl adjacent to an activating group) is 1. The van der Waals surface area contributed by atoms with Gasteiger partial charge >= 0.3 is 0 Å². The van der Waals surface area contributed by atoms with Crippen molar-refractivity contribution in [2.75, 3.05) is 19.1 Å². The second-order valence-electron chi connectivity index (χ2n) is 5.29.